The zero-order valence-corrected chi connectivity index (χ0v) is 12.9. The van der Waals surface area contributed by atoms with E-state index in [1.54, 1.807) is 0 Å². The van der Waals surface area contributed by atoms with E-state index in [1.807, 2.05) is 0 Å². The number of hydrogen-bond donors (Lipinski definition) is 1. The lowest BCUT2D eigenvalue weighted by Crippen LogP contribution is -2.26. The zero-order chi connectivity index (χ0) is 13.8. The first-order chi connectivity index (χ1) is 9.10. The van der Waals surface area contributed by atoms with Gasteiger partial charge in [-0.2, -0.15) is 0 Å². The molecule has 19 heavy (non-hydrogen) atoms. The third kappa shape index (κ3) is 4.24. The second-order valence-electron chi connectivity index (χ2n) is 6.14. The summed E-state index contributed by atoms with van der Waals surface area (Å²) in [5, 5.41) is 3.48. The van der Waals surface area contributed by atoms with Gasteiger partial charge >= 0.3 is 0 Å². The fourth-order valence-electron chi connectivity index (χ4n) is 2.51. The van der Waals surface area contributed by atoms with E-state index in [0.29, 0.717) is 6.04 Å². The summed E-state index contributed by atoms with van der Waals surface area (Å²) in [7, 11) is 0. The van der Waals surface area contributed by atoms with E-state index in [1.165, 1.54) is 36.2 Å². The number of aryl methyl sites for hydroxylation is 1. The minimum Gasteiger partial charge on any atom is -0.371 e. The van der Waals surface area contributed by atoms with Crippen LogP contribution >= 0.6 is 0 Å². The smallest absolute Gasteiger partial charge is 0.0396 e. The highest BCUT2D eigenvalue weighted by atomic mass is 15.1. The van der Waals surface area contributed by atoms with Crippen LogP contribution in [0.4, 0.5) is 5.69 Å². The van der Waals surface area contributed by atoms with Gasteiger partial charge in [0.15, 0.2) is 0 Å². The highest BCUT2D eigenvalue weighted by Crippen LogP contribution is 2.32. The molecule has 0 amide bonds. The molecule has 0 atom stereocenters. The largest absolute Gasteiger partial charge is 0.371 e. The Hall–Kier alpha value is -1.02. The summed E-state index contributed by atoms with van der Waals surface area (Å²) in [5.41, 5.74) is 4.21. The summed E-state index contributed by atoms with van der Waals surface area (Å²) < 4.78 is 0. The molecule has 1 N–H and O–H groups in total. The standard InChI is InChI=1S/C17H28N2/c1-5-19(12-15-6-7-15)17-9-8-16(10-14(17)4)11-18-13(2)3/h8-10,13,15,18H,5-7,11-12H2,1-4H3. The number of rotatable bonds is 7. The molecular weight excluding hydrogens is 232 g/mol. The van der Waals surface area contributed by atoms with Crippen LogP contribution in [0, 0.1) is 12.8 Å². The number of nitrogens with zero attached hydrogens (tertiary/aromatic N) is 1. The van der Waals surface area contributed by atoms with E-state index >= 15 is 0 Å². The normalized spacial score (nSPS) is 15.0. The van der Waals surface area contributed by atoms with Crippen LogP contribution in [-0.2, 0) is 6.54 Å². The Morgan fingerprint density at radius 2 is 2.05 bits per heavy atom. The van der Waals surface area contributed by atoms with Gasteiger partial charge in [0.2, 0.25) is 0 Å². The molecule has 106 valence electrons. The average molecular weight is 260 g/mol. The number of anilines is 1. The molecule has 0 radical (unpaired) electrons. The van der Waals surface area contributed by atoms with Gasteiger partial charge in [0, 0.05) is 31.4 Å². The lowest BCUT2D eigenvalue weighted by molar-refractivity contribution is 0.588. The van der Waals surface area contributed by atoms with E-state index in [9.17, 15) is 0 Å². The molecule has 0 heterocycles. The third-order valence-electron chi connectivity index (χ3n) is 3.87. The van der Waals surface area contributed by atoms with Gasteiger partial charge in [-0.15, -0.1) is 0 Å². The van der Waals surface area contributed by atoms with Crippen LogP contribution in [-0.4, -0.2) is 19.1 Å². The minimum atomic E-state index is 0.544. The van der Waals surface area contributed by atoms with Gasteiger partial charge in [-0.1, -0.05) is 26.0 Å². The second-order valence-corrected chi connectivity index (χ2v) is 6.14. The molecule has 0 spiro atoms. The molecule has 2 heteroatoms. The summed E-state index contributed by atoms with van der Waals surface area (Å²) in [5.74, 6) is 0.946. The molecule has 1 fully saturated rings. The second kappa shape index (κ2) is 6.42. The van der Waals surface area contributed by atoms with Crippen molar-refractivity contribution in [3.63, 3.8) is 0 Å². The quantitative estimate of drug-likeness (QED) is 0.803. The Labute approximate surface area is 118 Å². The Kier molecular flexibility index (Phi) is 4.87. The molecule has 2 rings (SSSR count). The zero-order valence-electron chi connectivity index (χ0n) is 12.9. The summed E-state index contributed by atoms with van der Waals surface area (Å²) >= 11 is 0. The molecule has 1 saturated carbocycles. The van der Waals surface area contributed by atoms with Crippen molar-refractivity contribution >= 4 is 5.69 Å². The van der Waals surface area contributed by atoms with Crippen molar-refractivity contribution in [3.8, 4) is 0 Å². The van der Waals surface area contributed by atoms with Gasteiger partial charge in [0.25, 0.3) is 0 Å². The topological polar surface area (TPSA) is 15.3 Å². The first-order valence-electron chi connectivity index (χ1n) is 7.68. The Morgan fingerprint density at radius 1 is 1.32 bits per heavy atom. The van der Waals surface area contributed by atoms with E-state index in [2.05, 4.69) is 56.1 Å². The van der Waals surface area contributed by atoms with Gasteiger partial charge < -0.3 is 10.2 Å². The van der Waals surface area contributed by atoms with Gasteiger partial charge in [-0.3, -0.25) is 0 Å². The molecular formula is C17H28N2. The van der Waals surface area contributed by atoms with Gasteiger partial charge in [-0.25, -0.2) is 0 Å². The van der Waals surface area contributed by atoms with Crippen LogP contribution in [0.15, 0.2) is 18.2 Å². The number of benzene rings is 1. The van der Waals surface area contributed by atoms with E-state index < -0.39 is 0 Å². The highest BCUT2D eigenvalue weighted by molar-refractivity contribution is 5.54. The molecule has 1 aromatic rings. The summed E-state index contributed by atoms with van der Waals surface area (Å²) in [4.78, 5) is 2.53. The van der Waals surface area contributed by atoms with Crippen LogP contribution in [0.3, 0.4) is 0 Å². The fraction of sp³-hybridized carbons (Fsp3) is 0.647. The molecule has 0 unspecified atom stereocenters. The predicted octanol–water partition coefficient (Wildman–Crippen LogP) is 3.73. The summed E-state index contributed by atoms with van der Waals surface area (Å²) in [6.45, 7) is 12.2. The first-order valence-corrected chi connectivity index (χ1v) is 7.68. The number of hydrogen-bond acceptors (Lipinski definition) is 2. The Morgan fingerprint density at radius 3 is 2.58 bits per heavy atom. The van der Waals surface area contributed by atoms with Crippen LogP contribution in [0.5, 0.6) is 0 Å². The van der Waals surface area contributed by atoms with Crippen molar-refractivity contribution in [1.82, 2.24) is 5.32 Å². The van der Waals surface area contributed by atoms with Crippen molar-refractivity contribution < 1.29 is 0 Å². The Balaban J connectivity index is 2.04. The van der Waals surface area contributed by atoms with E-state index in [4.69, 9.17) is 0 Å². The maximum atomic E-state index is 3.48. The maximum Gasteiger partial charge on any atom is 0.0396 e. The van der Waals surface area contributed by atoms with Crippen molar-refractivity contribution in [3.05, 3.63) is 29.3 Å². The number of nitrogens with one attached hydrogen (secondary N) is 1. The van der Waals surface area contributed by atoms with Crippen molar-refractivity contribution in [2.45, 2.75) is 53.1 Å². The van der Waals surface area contributed by atoms with Crippen molar-refractivity contribution in [1.29, 1.82) is 0 Å². The molecule has 0 saturated heterocycles. The van der Waals surface area contributed by atoms with Gasteiger partial charge in [0.05, 0.1) is 0 Å². The van der Waals surface area contributed by atoms with Gasteiger partial charge in [0.1, 0.15) is 0 Å². The average Bonchev–Trinajstić information content (AvgIpc) is 3.18. The molecule has 0 aromatic heterocycles. The predicted molar refractivity (Wildman–Crippen MR) is 83.8 cm³/mol. The minimum absolute atomic E-state index is 0.544. The monoisotopic (exact) mass is 260 g/mol. The third-order valence-corrected chi connectivity index (χ3v) is 3.87. The molecule has 1 aliphatic carbocycles. The Bertz CT molecular complexity index is 408. The van der Waals surface area contributed by atoms with Crippen LogP contribution < -0.4 is 10.2 Å². The fourth-order valence-corrected chi connectivity index (χ4v) is 2.51. The SMILES string of the molecule is CCN(CC1CC1)c1ccc(CNC(C)C)cc1C. The van der Waals surface area contributed by atoms with Crippen molar-refractivity contribution in [2.24, 2.45) is 5.92 Å². The van der Waals surface area contributed by atoms with E-state index in [0.717, 1.165) is 19.0 Å². The molecule has 1 aromatic carbocycles. The molecule has 0 bridgehead atoms. The van der Waals surface area contributed by atoms with E-state index in [-0.39, 0.29) is 0 Å². The highest BCUT2D eigenvalue weighted by Gasteiger charge is 2.24. The van der Waals surface area contributed by atoms with Crippen LogP contribution in [0.2, 0.25) is 0 Å². The molecule has 2 nitrogen and oxygen atoms in total. The maximum absolute atomic E-state index is 3.48. The molecule has 0 aliphatic heterocycles. The lowest BCUT2D eigenvalue weighted by atomic mass is 10.1. The summed E-state index contributed by atoms with van der Waals surface area (Å²) in [6.07, 6.45) is 2.85. The van der Waals surface area contributed by atoms with Crippen LogP contribution in [0.25, 0.3) is 0 Å². The van der Waals surface area contributed by atoms with Crippen molar-refractivity contribution in [2.75, 3.05) is 18.0 Å². The summed E-state index contributed by atoms with van der Waals surface area (Å²) in [6, 6.07) is 7.45. The van der Waals surface area contributed by atoms with Crippen LogP contribution in [0.1, 0.15) is 44.7 Å². The lowest BCUT2D eigenvalue weighted by Gasteiger charge is -2.25. The molecule has 1 aliphatic rings. The first kappa shape index (κ1) is 14.4. The van der Waals surface area contributed by atoms with Gasteiger partial charge in [-0.05, 0) is 49.8 Å².